The van der Waals surface area contributed by atoms with Gasteiger partial charge in [-0.15, -0.1) is 0 Å². The molecule has 1 aliphatic rings. The van der Waals surface area contributed by atoms with Gasteiger partial charge < -0.3 is 25.8 Å². The van der Waals surface area contributed by atoms with E-state index in [9.17, 15) is 41.1 Å². The number of hydrogen-bond donors (Lipinski definition) is 2. The number of carbonyl (C=O) groups excluding carboxylic acids is 4. The van der Waals surface area contributed by atoms with E-state index in [0.29, 0.717) is 23.2 Å². The van der Waals surface area contributed by atoms with Crippen molar-refractivity contribution in [3.63, 3.8) is 0 Å². The van der Waals surface area contributed by atoms with E-state index < -0.39 is 53.0 Å². The molecule has 1 aliphatic heterocycles. The van der Waals surface area contributed by atoms with Crippen LogP contribution in [0.3, 0.4) is 0 Å². The molecule has 1 atom stereocenters. The van der Waals surface area contributed by atoms with Crippen molar-refractivity contribution in [1.29, 1.82) is 0 Å². The van der Waals surface area contributed by atoms with Gasteiger partial charge in [-0.25, -0.2) is 8.78 Å². The summed E-state index contributed by atoms with van der Waals surface area (Å²) in [6, 6.07) is 18.5. The summed E-state index contributed by atoms with van der Waals surface area (Å²) in [6.07, 6.45) is -2.40. The molecule has 9 nitrogen and oxygen atoms in total. The number of primary amides is 1. The van der Waals surface area contributed by atoms with Crippen molar-refractivity contribution in [2.75, 3.05) is 39.0 Å². The monoisotopic (exact) mass is 733 g/mol. The van der Waals surface area contributed by atoms with Crippen LogP contribution < -0.4 is 11.1 Å². The Morgan fingerprint density at radius 3 is 2.30 bits per heavy atom. The van der Waals surface area contributed by atoms with Gasteiger partial charge >= 0.3 is 6.18 Å². The number of anilines is 1. The van der Waals surface area contributed by atoms with Gasteiger partial charge in [-0.1, -0.05) is 42.5 Å². The molecule has 0 aromatic heterocycles. The largest absolute Gasteiger partial charge is 0.416 e. The van der Waals surface area contributed by atoms with Gasteiger partial charge in [0, 0.05) is 42.5 Å². The van der Waals surface area contributed by atoms with Crippen LogP contribution in [0.4, 0.5) is 27.6 Å². The molecule has 4 aromatic rings. The Balaban J connectivity index is 1.40. The first-order chi connectivity index (χ1) is 25.1. The van der Waals surface area contributed by atoms with Gasteiger partial charge in [0.2, 0.25) is 11.8 Å². The van der Waals surface area contributed by atoms with Crippen molar-refractivity contribution in [1.82, 2.24) is 14.7 Å². The second-order valence-electron chi connectivity index (χ2n) is 12.8. The van der Waals surface area contributed by atoms with Crippen molar-refractivity contribution < 1.29 is 41.1 Å². The number of halogens is 5. The molecule has 0 spiro atoms. The van der Waals surface area contributed by atoms with Crippen molar-refractivity contribution in [3.05, 3.63) is 142 Å². The van der Waals surface area contributed by atoms with Gasteiger partial charge in [0.25, 0.3) is 11.8 Å². The molecule has 53 heavy (non-hydrogen) atoms. The van der Waals surface area contributed by atoms with Crippen LogP contribution in [0, 0.1) is 11.6 Å². The third kappa shape index (κ3) is 9.51. The highest BCUT2D eigenvalue weighted by Crippen LogP contribution is 2.36. The van der Waals surface area contributed by atoms with Crippen molar-refractivity contribution >= 4 is 35.4 Å². The van der Waals surface area contributed by atoms with Crippen LogP contribution in [0.25, 0.3) is 6.08 Å². The van der Waals surface area contributed by atoms with E-state index in [0.717, 1.165) is 30.4 Å². The van der Waals surface area contributed by atoms with Gasteiger partial charge in [0.05, 0.1) is 18.2 Å². The average Bonchev–Trinajstić information content (AvgIpc) is 3.11. The zero-order chi connectivity index (χ0) is 38.4. The van der Waals surface area contributed by atoms with E-state index in [4.69, 9.17) is 5.73 Å². The number of hydrogen-bond acceptors (Lipinski definition) is 5. The average molecular weight is 734 g/mol. The highest BCUT2D eigenvalue weighted by Gasteiger charge is 2.35. The predicted molar refractivity (Wildman–Crippen MR) is 188 cm³/mol. The number of benzene rings is 4. The molecular weight excluding hydrogens is 697 g/mol. The normalized spacial score (nSPS) is 14.4. The molecule has 1 heterocycles. The Labute approximate surface area is 302 Å². The maximum absolute atomic E-state index is 14.4. The van der Waals surface area contributed by atoms with Gasteiger partial charge in [-0.05, 0) is 91.3 Å². The summed E-state index contributed by atoms with van der Waals surface area (Å²) < 4.78 is 68.5. The smallest absolute Gasteiger partial charge is 0.368 e. The van der Waals surface area contributed by atoms with Crippen molar-refractivity contribution in [2.45, 2.75) is 25.2 Å². The lowest BCUT2D eigenvalue weighted by atomic mass is 9.88. The van der Waals surface area contributed by atoms with Gasteiger partial charge in [0.15, 0.2) is 11.6 Å². The fourth-order valence-corrected chi connectivity index (χ4v) is 5.99. The Hall–Kier alpha value is -5.89. The molecule has 4 aromatic carbocycles. The summed E-state index contributed by atoms with van der Waals surface area (Å²) in [7, 11) is 3.66. The minimum atomic E-state index is -4.61. The van der Waals surface area contributed by atoms with Crippen LogP contribution >= 0.6 is 0 Å². The predicted octanol–water partition coefficient (Wildman–Crippen LogP) is 6.06. The molecule has 0 saturated heterocycles. The molecule has 0 bridgehead atoms. The first kappa shape index (κ1) is 38.3. The fourth-order valence-electron chi connectivity index (χ4n) is 5.99. The van der Waals surface area contributed by atoms with E-state index in [1.54, 1.807) is 30.3 Å². The minimum Gasteiger partial charge on any atom is -0.368 e. The highest BCUT2D eigenvalue weighted by atomic mass is 19.4. The Morgan fingerprint density at radius 2 is 1.64 bits per heavy atom. The molecule has 0 saturated carbocycles. The van der Waals surface area contributed by atoms with Gasteiger partial charge in [0.1, 0.15) is 0 Å². The van der Waals surface area contributed by atoms with Crippen LogP contribution in [-0.2, 0) is 28.7 Å². The first-order valence-corrected chi connectivity index (χ1v) is 16.5. The second kappa shape index (κ2) is 16.2. The first-order valence-electron chi connectivity index (χ1n) is 16.5. The third-order valence-electron chi connectivity index (χ3n) is 8.67. The van der Waals surface area contributed by atoms with Crippen molar-refractivity contribution in [2.24, 2.45) is 5.73 Å². The van der Waals surface area contributed by atoms with Crippen molar-refractivity contribution in [3.8, 4) is 0 Å². The number of fused-ring (bicyclic) bond motifs is 1. The lowest BCUT2D eigenvalue weighted by Crippen LogP contribution is -2.42. The summed E-state index contributed by atoms with van der Waals surface area (Å²) in [5, 5.41) is 2.58. The molecule has 1 unspecified atom stereocenters. The zero-order valence-corrected chi connectivity index (χ0v) is 28.8. The Bertz CT molecular complexity index is 2050. The maximum Gasteiger partial charge on any atom is 0.416 e. The summed E-state index contributed by atoms with van der Waals surface area (Å²) in [4.78, 5) is 56.5. The highest BCUT2D eigenvalue weighted by molar-refractivity contribution is 6.04. The minimum absolute atomic E-state index is 0.0000253. The number of amides is 4. The van der Waals surface area contributed by atoms with Crippen LogP contribution in [0.1, 0.15) is 54.6 Å². The van der Waals surface area contributed by atoms with Crippen LogP contribution in [-0.4, -0.2) is 72.1 Å². The SMILES string of the molecule is CN(C)CCN(CC(N)=O)C(=O)c1ccc(CN2C(=O)c3cc(NC(=O)/C=C/c4ccccc4C(F)(F)F)ccc3CC2c2ccc(F)c(F)c2)cc1. The number of rotatable bonds is 12. The lowest BCUT2D eigenvalue weighted by molar-refractivity contribution is -0.137. The number of alkyl halides is 3. The molecule has 0 radical (unpaired) electrons. The molecule has 5 rings (SSSR count). The number of nitrogens with one attached hydrogen (secondary N) is 1. The molecule has 4 amide bonds. The number of likely N-dealkylation sites (N-methyl/N-ethyl adjacent to an activating group) is 1. The summed E-state index contributed by atoms with van der Waals surface area (Å²) >= 11 is 0. The van der Waals surface area contributed by atoms with E-state index in [1.807, 2.05) is 19.0 Å². The quantitative estimate of drug-likeness (QED) is 0.136. The van der Waals surface area contributed by atoms with E-state index in [2.05, 4.69) is 5.32 Å². The second-order valence-corrected chi connectivity index (χ2v) is 12.8. The van der Waals surface area contributed by atoms with Gasteiger partial charge in [-0.2, -0.15) is 13.2 Å². The standard InChI is InChI=1S/C39H36F5N5O4/c1-47(2)17-18-48(23-35(45)50)37(52)26-9-7-24(8-10-26)22-49-34(28-12-15-32(40)33(41)19-28)20-27-11-14-29(21-30(27)38(49)53)46-36(51)16-13-25-5-3-4-6-31(25)39(42,43)44/h3-16,19,21,34H,17-18,20,22-23H2,1-2H3,(H2,45,50)(H,46,51)/b16-13+. The van der Waals surface area contributed by atoms with Crippen LogP contribution in [0.15, 0.2) is 91.0 Å². The number of nitrogens with two attached hydrogens (primary N) is 1. The maximum atomic E-state index is 14.4. The molecule has 3 N–H and O–H groups in total. The van der Waals surface area contributed by atoms with Gasteiger partial charge in [-0.3, -0.25) is 19.2 Å². The number of carbonyl (C=O) groups is 4. The molecule has 0 fully saturated rings. The van der Waals surface area contributed by atoms with Crippen LogP contribution in [0.5, 0.6) is 0 Å². The van der Waals surface area contributed by atoms with Crippen LogP contribution in [0.2, 0.25) is 0 Å². The summed E-state index contributed by atoms with van der Waals surface area (Å²) in [6.45, 7) is 0.495. The number of nitrogens with zero attached hydrogens (tertiary/aromatic N) is 3. The summed E-state index contributed by atoms with van der Waals surface area (Å²) in [5.41, 5.74) is 6.52. The topological polar surface area (TPSA) is 116 Å². The van der Waals surface area contributed by atoms with E-state index >= 15 is 0 Å². The molecule has 0 aliphatic carbocycles. The molecule has 14 heteroatoms. The fraction of sp³-hybridized carbons (Fsp3) is 0.231. The van der Waals surface area contributed by atoms with E-state index in [1.165, 1.54) is 46.2 Å². The third-order valence-corrected chi connectivity index (χ3v) is 8.67. The zero-order valence-electron chi connectivity index (χ0n) is 28.8. The molecule has 276 valence electrons. The molecular formula is C39H36F5N5O4. The Morgan fingerprint density at radius 1 is 0.925 bits per heavy atom. The Kier molecular flexibility index (Phi) is 11.7. The summed E-state index contributed by atoms with van der Waals surface area (Å²) in [5.74, 6) is -4.41. The lowest BCUT2D eigenvalue weighted by Gasteiger charge is -2.37. The van der Waals surface area contributed by atoms with E-state index in [-0.39, 0.29) is 48.4 Å².